The molecule has 28 heavy (non-hydrogen) atoms. The van der Waals surface area contributed by atoms with E-state index in [0.717, 1.165) is 23.8 Å². The molecular formula is C20H21F2N5O. The van der Waals surface area contributed by atoms with Gasteiger partial charge in [-0.25, -0.2) is 13.8 Å². The zero-order valence-corrected chi connectivity index (χ0v) is 15.5. The Morgan fingerprint density at radius 2 is 1.79 bits per heavy atom. The smallest absolute Gasteiger partial charge is 0.225 e. The van der Waals surface area contributed by atoms with Crippen LogP contribution in [0, 0.1) is 17.6 Å². The highest BCUT2D eigenvalue weighted by molar-refractivity contribution is 5.67. The minimum Gasteiger partial charge on any atom is -0.394 e. The van der Waals surface area contributed by atoms with E-state index >= 15 is 0 Å². The highest BCUT2D eigenvalue weighted by Crippen LogP contribution is 2.25. The largest absolute Gasteiger partial charge is 0.394 e. The van der Waals surface area contributed by atoms with Gasteiger partial charge in [-0.05, 0) is 30.2 Å². The van der Waals surface area contributed by atoms with Crippen LogP contribution in [0.3, 0.4) is 0 Å². The van der Waals surface area contributed by atoms with E-state index in [4.69, 9.17) is 0 Å². The van der Waals surface area contributed by atoms with E-state index in [9.17, 15) is 13.9 Å². The number of pyridine rings is 1. The van der Waals surface area contributed by atoms with Gasteiger partial charge in [0.25, 0.3) is 0 Å². The number of hydrogen-bond donors (Lipinski definition) is 3. The third kappa shape index (κ3) is 4.77. The summed E-state index contributed by atoms with van der Waals surface area (Å²) in [5, 5.41) is 15.5. The number of benzene rings is 1. The molecule has 0 saturated carbocycles. The standard InChI is InChI=1S/C20H21F2N5O/c1-12(2)18(11-28)26-20-25-16(13-5-7-23-8-6-13)10-19(27-20)24-17-9-14(21)3-4-15(17)22/h3-10,12,18,28H,11H2,1-2H3,(H2,24,25,26,27)/t18-/m0/s1. The Bertz CT molecular complexity index is 937. The minimum absolute atomic E-state index is 0.0344. The predicted octanol–water partition coefficient (Wildman–Crippen LogP) is 3.99. The summed E-state index contributed by atoms with van der Waals surface area (Å²) in [7, 11) is 0. The molecular weight excluding hydrogens is 364 g/mol. The number of nitrogens with one attached hydrogen (secondary N) is 2. The lowest BCUT2D eigenvalue weighted by Crippen LogP contribution is -2.30. The van der Waals surface area contributed by atoms with E-state index < -0.39 is 11.6 Å². The maximum Gasteiger partial charge on any atom is 0.225 e. The van der Waals surface area contributed by atoms with Crippen LogP contribution in [-0.2, 0) is 0 Å². The molecule has 0 radical (unpaired) electrons. The number of aromatic nitrogens is 3. The highest BCUT2D eigenvalue weighted by Gasteiger charge is 2.15. The van der Waals surface area contributed by atoms with Gasteiger partial charge in [-0.1, -0.05) is 13.8 Å². The summed E-state index contributed by atoms with van der Waals surface area (Å²) >= 11 is 0. The lowest BCUT2D eigenvalue weighted by atomic mass is 10.1. The van der Waals surface area contributed by atoms with Crippen LogP contribution in [-0.4, -0.2) is 32.7 Å². The SMILES string of the molecule is CC(C)[C@H](CO)Nc1nc(Nc2cc(F)ccc2F)cc(-c2ccncc2)n1. The maximum atomic E-state index is 14.0. The molecule has 3 N–H and O–H groups in total. The van der Waals surface area contributed by atoms with Gasteiger partial charge in [0, 0.05) is 30.1 Å². The summed E-state index contributed by atoms with van der Waals surface area (Å²) < 4.78 is 27.5. The number of rotatable bonds is 7. The van der Waals surface area contributed by atoms with Gasteiger partial charge in [-0.3, -0.25) is 4.98 Å². The van der Waals surface area contributed by atoms with Gasteiger partial charge >= 0.3 is 0 Å². The zero-order valence-electron chi connectivity index (χ0n) is 15.5. The molecule has 1 atom stereocenters. The fraction of sp³-hybridized carbons (Fsp3) is 0.250. The first kappa shape index (κ1) is 19.6. The summed E-state index contributed by atoms with van der Waals surface area (Å²) in [5.74, 6) is -0.480. The van der Waals surface area contributed by atoms with Gasteiger partial charge in [0.05, 0.1) is 24.0 Å². The van der Waals surface area contributed by atoms with Crippen molar-refractivity contribution in [2.45, 2.75) is 19.9 Å². The molecule has 2 aromatic heterocycles. The molecule has 3 aromatic rings. The van der Waals surface area contributed by atoms with E-state index in [1.165, 1.54) is 0 Å². The summed E-state index contributed by atoms with van der Waals surface area (Å²) in [5.41, 5.74) is 1.32. The summed E-state index contributed by atoms with van der Waals surface area (Å²) in [4.78, 5) is 12.8. The van der Waals surface area contributed by atoms with Crippen LogP contribution in [0.25, 0.3) is 11.3 Å². The quantitative estimate of drug-likeness (QED) is 0.570. The Morgan fingerprint density at radius 3 is 2.46 bits per heavy atom. The molecule has 0 aliphatic rings. The van der Waals surface area contributed by atoms with Crippen LogP contribution in [0.15, 0.2) is 48.8 Å². The number of aliphatic hydroxyl groups excluding tert-OH is 1. The van der Waals surface area contributed by atoms with Gasteiger partial charge in [-0.2, -0.15) is 4.98 Å². The Kier molecular flexibility index (Phi) is 6.10. The first-order valence-corrected chi connectivity index (χ1v) is 8.85. The molecule has 0 aliphatic heterocycles. The average Bonchev–Trinajstić information content (AvgIpc) is 2.69. The van der Waals surface area contributed by atoms with Crippen molar-refractivity contribution < 1.29 is 13.9 Å². The number of hydrogen-bond acceptors (Lipinski definition) is 6. The lowest BCUT2D eigenvalue weighted by molar-refractivity contribution is 0.248. The van der Waals surface area contributed by atoms with Gasteiger partial charge < -0.3 is 15.7 Å². The fourth-order valence-electron chi connectivity index (χ4n) is 2.57. The van der Waals surface area contributed by atoms with Gasteiger partial charge in [0.1, 0.15) is 17.5 Å². The minimum atomic E-state index is -0.601. The van der Waals surface area contributed by atoms with Gasteiger partial charge in [0.15, 0.2) is 0 Å². The van der Waals surface area contributed by atoms with Crippen LogP contribution >= 0.6 is 0 Å². The molecule has 0 saturated heterocycles. The van der Waals surface area contributed by atoms with Crippen molar-refractivity contribution in [2.75, 3.05) is 17.2 Å². The second kappa shape index (κ2) is 8.71. The number of anilines is 3. The van der Waals surface area contributed by atoms with Crippen molar-refractivity contribution in [3.05, 3.63) is 60.4 Å². The molecule has 0 spiro atoms. The maximum absolute atomic E-state index is 14.0. The lowest BCUT2D eigenvalue weighted by Gasteiger charge is -2.20. The first-order valence-electron chi connectivity index (χ1n) is 8.85. The predicted molar refractivity (Wildman–Crippen MR) is 104 cm³/mol. The Labute approximate surface area is 161 Å². The van der Waals surface area contributed by atoms with Crippen LogP contribution in [0.4, 0.5) is 26.2 Å². The van der Waals surface area contributed by atoms with Crippen LogP contribution < -0.4 is 10.6 Å². The number of aliphatic hydroxyl groups is 1. The zero-order chi connectivity index (χ0) is 20.1. The summed E-state index contributed by atoms with van der Waals surface area (Å²) in [6.45, 7) is 3.82. The first-order chi connectivity index (χ1) is 13.5. The topological polar surface area (TPSA) is 83.0 Å². The molecule has 8 heteroatoms. The third-order valence-electron chi connectivity index (χ3n) is 4.21. The van der Waals surface area contributed by atoms with E-state index in [-0.39, 0.29) is 36.0 Å². The van der Waals surface area contributed by atoms with E-state index in [1.807, 2.05) is 13.8 Å². The van der Waals surface area contributed by atoms with Crippen molar-refractivity contribution in [2.24, 2.45) is 5.92 Å². The second-order valence-corrected chi connectivity index (χ2v) is 6.62. The van der Waals surface area contributed by atoms with Crippen LogP contribution in [0.5, 0.6) is 0 Å². The molecule has 3 rings (SSSR count). The number of halogens is 2. The van der Waals surface area contributed by atoms with Crippen molar-refractivity contribution in [1.29, 1.82) is 0 Å². The number of nitrogens with zero attached hydrogens (tertiary/aromatic N) is 3. The Morgan fingerprint density at radius 1 is 1.04 bits per heavy atom. The molecule has 146 valence electrons. The van der Waals surface area contributed by atoms with Crippen molar-refractivity contribution in [1.82, 2.24) is 15.0 Å². The van der Waals surface area contributed by atoms with Crippen LogP contribution in [0.1, 0.15) is 13.8 Å². The summed E-state index contributed by atoms with van der Waals surface area (Å²) in [6, 6.07) is 8.09. The Hall–Kier alpha value is -3.13. The highest BCUT2D eigenvalue weighted by atomic mass is 19.1. The molecule has 1 aromatic carbocycles. The molecule has 0 fully saturated rings. The normalized spacial score (nSPS) is 12.1. The van der Waals surface area contributed by atoms with E-state index in [0.29, 0.717) is 5.69 Å². The van der Waals surface area contributed by atoms with Crippen molar-refractivity contribution in [3.63, 3.8) is 0 Å². The second-order valence-electron chi connectivity index (χ2n) is 6.62. The average molecular weight is 385 g/mol. The fourth-order valence-corrected chi connectivity index (χ4v) is 2.57. The molecule has 2 heterocycles. The van der Waals surface area contributed by atoms with Crippen molar-refractivity contribution >= 4 is 17.5 Å². The van der Waals surface area contributed by atoms with Gasteiger partial charge in [-0.15, -0.1) is 0 Å². The molecule has 0 bridgehead atoms. The monoisotopic (exact) mass is 385 g/mol. The van der Waals surface area contributed by atoms with E-state index in [1.54, 1.807) is 30.6 Å². The molecule has 0 unspecified atom stereocenters. The van der Waals surface area contributed by atoms with E-state index in [2.05, 4.69) is 25.6 Å². The Balaban J connectivity index is 2.00. The molecule has 6 nitrogen and oxygen atoms in total. The molecule has 0 aliphatic carbocycles. The third-order valence-corrected chi connectivity index (χ3v) is 4.21. The van der Waals surface area contributed by atoms with Crippen molar-refractivity contribution in [3.8, 4) is 11.3 Å². The summed E-state index contributed by atoms with van der Waals surface area (Å²) in [6.07, 6.45) is 3.27. The molecule has 0 amide bonds. The van der Waals surface area contributed by atoms with Crippen LogP contribution in [0.2, 0.25) is 0 Å². The van der Waals surface area contributed by atoms with Gasteiger partial charge in [0.2, 0.25) is 5.95 Å².